The van der Waals surface area contributed by atoms with Crippen LogP contribution in [0.4, 0.5) is 0 Å². The Balaban J connectivity index is 1.17. The van der Waals surface area contributed by atoms with Crippen molar-refractivity contribution in [2.24, 2.45) is 17.3 Å². The number of nitrogens with one attached hydrogen (secondary N) is 2. The topological polar surface area (TPSA) is 157 Å². The molecule has 68 heavy (non-hydrogen) atoms. The Kier molecular flexibility index (Phi) is 14.5. The molecule has 1 aromatic heterocycles. The number of hydrazine groups is 1. The average molecular weight is 928 g/mol. The zero-order valence-electron chi connectivity index (χ0n) is 40.7. The summed E-state index contributed by atoms with van der Waals surface area (Å²) in [5, 5.41) is 16.8. The number of cyclic esters (lactones) is 1. The maximum absolute atomic E-state index is 14.7. The molecule has 4 aromatic rings. The van der Waals surface area contributed by atoms with Gasteiger partial charge in [0.15, 0.2) is 0 Å². The SMILES string of the molecule is C=CC(=O)N1CC[C@H](C(=O)N(C)C(C(=O)N[C@H]2Cc3cc(O)cc(c3)-c3ccc4c(c3)c(c(-c3ccc(CN5CCCC5)cc3)n4CC)CC(C)(C)COC(=O)[C@@H]3CCCN(N3)C2=O)C(C)C)C1. The van der Waals surface area contributed by atoms with Gasteiger partial charge in [-0.2, -0.15) is 0 Å². The van der Waals surface area contributed by atoms with E-state index in [1.165, 1.54) is 34.4 Å². The smallest absolute Gasteiger partial charge is 0.324 e. The summed E-state index contributed by atoms with van der Waals surface area (Å²) >= 11 is 0. The summed E-state index contributed by atoms with van der Waals surface area (Å²) in [7, 11) is 1.59. The fourth-order valence-electron chi connectivity index (χ4n) is 10.9. The number of phenols is 1. The van der Waals surface area contributed by atoms with Gasteiger partial charge in [-0.25, -0.2) is 5.43 Å². The lowest BCUT2D eigenvalue weighted by Gasteiger charge is -2.37. The molecule has 5 heterocycles. The molecule has 6 bridgehead atoms. The summed E-state index contributed by atoms with van der Waals surface area (Å²) in [6, 6.07) is 17.7. The van der Waals surface area contributed by atoms with E-state index in [-0.39, 0.29) is 43.1 Å². The van der Waals surface area contributed by atoms with Gasteiger partial charge in [0.1, 0.15) is 23.9 Å². The van der Waals surface area contributed by atoms with Crippen molar-refractivity contribution in [2.45, 2.75) is 111 Å². The maximum atomic E-state index is 14.7. The van der Waals surface area contributed by atoms with Crippen LogP contribution in [0.1, 0.15) is 83.4 Å². The lowest BCUT2D eigenvalue weighted by Crippen LogP contribution is -2.62. The van der Waals surface area contributed by atoms with Crippen molar-refractivity contribution in [1.82, 2.24) is 35.0 Å². The third-order valence-electron chi connectivity index (χ3n) is 14.4. The van der Waals surface area contributed by atoms with E-state index in [1.807, 2.05) is 19.9 Å². The van der Waals surface area contributed by atoms with E-state index in [1.54, 1.807) is 24.1 Å². The van der Waals surface area contributed by atoms with Crippen molar-refractivity contribution in [3.05, 3.63) is 90.0 Å². The largest absolute Gasteiger partial charge is 0.508 e. The highest BCUT2D eigenvalue weighted by Gasteiger charge is 2.40. The molecule has 3 fully saturated rings. The van der Waals surface area contributed by atoms with Gasteiger partial charge in [0.25, 0.3) is 5.91 Å². The summed E-state index contributed by atoms with van der Waals surface area (Å²) in [6.07, 6.45) is 5.79. The Hall–Kier alpha value is -5.99. The maximum Gasteiger partial charge on any atom is 0.324 e. The number of aromatic nitrogens is 1. The first-order chi connectivity index (χ1) is 32.5. The monoisotopic (exact) mass is 928 g/mol. The molecule has 1 unspecified atom stereocenters. The van der Waals surface area contributed by atoms with E-state index < -0.39 is 47.2 Å². The van der Waals surface area contributed by atoms with Gasteiger partial charge >= 0.3 is 5.97 Å². The quantitative estimate of drug-likeness (QED) is 0.120. The molecule has 0 radical (unpaired) electrons. The molecule has 0 saturated carbocycles. The highest BCUT2D eigenvalue weighted by atomic mass is 16.5. The lowest BCUT2D eigenvalue weighted by molar-refractivity contribution is -0.155. The minimum atomic E-state index is -1.15. The number of phenolic OH excluding ortho intramolecular Hbond substituents is 1. The molecular formula is C54H69N7O7. The van der Waals surface area contributed by atoms with E-state index in [4.69, 9.17) is 4.74 Å². The van der Waals surface area contributed by atoms with Crippen LogP contribution in [0.25, 0.3) is 33.3 Å². The van der Waals surface area contributed by atoms with Gasteiger partial charge in [-0.3, -0.25) is 33.9 Å². The second-order valence-corrected chi connectivity index (χ2v) is 20.5. The molecule has 362 valence electrons. The van der Waals surface area contributed by atoms with Gasteiger partial charge in [-0.05, 0) is 128 Å². The standard InChI is InChI=1S/C54H69N7O7/c1-8-47(63)59-24-20-39(32-59)51(65)57(7)48(34(3)4)50(64)55-45-27-36-25-40(28-41(62)26-36)38-18-19-46-42(29-38)43(30-54(5,6)33-68-53(67)44-13-12-23-61(56-44)52(45)66)49(60(46)9-2)37-16-14-35(15-17-37)31-58-21-10-11-22-58/h8,14-19,25-26,28-29,34,39,44-45,48,56,62H,1,9-13,20-24,27,30-33H2,2-7H3,(H,55,64)/t39-,44-,45-,48?/m0/s1. The Morgan fingerprint density at radius 2 is 1.69 bits per heavy atom. The van der Waals surface area contributed by atoms with Crippen LogP contribution in [-0.2, 0) is 54.6 Å². The fourth-order valence-corrected chi connectivity index (χ4v) is 10.9. The van der Waals surface area contributed by atoms with Crippen molar-refractivity contribution in [3.63, 3.8) is 0 Å². The molecular weight excluding hydrogens is 859 g/mol. The second-order valence-electron chi connectivity index (χ2n) is 20.5. The number of rotatable bonds is 10. The van der Waals surface area contributed by atoms with Crippen LogP contribution in [-0.4, -0.2) is 123 Å². The van der Waals surface area contributed by atoms with Crippen LogP contribution in [0.3, 0.4) is 0 Å². The second kappa shape index (κ2) is 20.3. The molecule has 4 amide bonds. The number of aryl methyl sites for hydroxylation is 1. The van der Waals surface area contributed by atoms with Crippen molar-refractivity contribution < 1.29 is 33.8 Å². The van der Waals surface area contributed by atoms with Crippen molar-refractivity contribution in [2.75, 3.05) is 46.4 Å². The fraction of sp³-hybridized carbons (Fsp3) is 0.500. The predicted molar refractivity (Wildman–Crippen MR) is 263 cm³/mol. The van der Waals surface area contributed by atoms with Crippen LogP contribution in [0.2, 0.25) is 0 Å². The molecule has 4 aliphatic heterocycles. The highest BCUT2D eigenvalue weighted by Crippen LogP contribution is 2.41. The van der Waals surface area contributed by atoms with E-state index >= 15 is 0 Å². The Morgan fingerprint density at radius 3 is 2.40 bits per heavy atom. The number of likely N-dealkylation sites (tertiary alicyclic amines) is 2. The van der Waals surface area contributed by atoms with Gasteiger partial charge in [0.05, 0.1) is 18.2 Å². The van der Waals surface area contributed by atoms with Gasteiger partial charge in [0, 0.05) is 62.5 Å². The predicted octanol–water partition coefficient (Wildman–Crippen LogP) is 6.46. The Bertz CT molecular complexity index is 2560. The van der Waals surface area contributed by atoms with Crippen molar-refractivity contribution in [3.8, 4) is 28.1 Å². The van der Waals surface area contributed by atoms with E-state index in [9.17, 15) is 29.1 Å². The number of hydrogen-bond donors (Lipinski definition) is 3. The Morgan fingerprint density at radius 1 is 0.956 bits per heavy atom. The molecule has 14 nitrogen and oxygen atoms in total. The molecule has 8 rings (SSSR count). The van der Waals surface area contributed by atoms with Gasteiger partial charge in [0.2, 0.25) is 17.7 Å². The third kappa shape index (κ3) is 10.4. The number of carbonyl (C=O) groups is 5. The number of benzene rings is 3. The molecule has 0 aliphatic carbocycles. The molecule has 3 aromatic carbocycles. The molecule has 4 atom stereocenters. The summed E-state index contributed by atoms with van der Waals surface area (Å²) < 4.78 is 8.50. The normalized spacial score (nSPS) is 21.7. The Labute approximate surface area is 400 Å². The number of fused-ring (bicyclic) bond motifs is 6. The van der Waals surface area contributed by atoms with Crippen LogP contribution in [0.5, 0.6) is 5.75 Å². The molecule has 3 N–H and O–H groups in total. The molecule has 14 heteroatoms. The van der Waals surface area contributed by atoms with Gasteiger partial charge < -0.3 is 29.5 Å². The summed E-state index contributed by atoms with van der Waals surface area (Å²) in [5.74, 6) is -2.75. The van der Waals surface area contributed by atoms with E-state index in [0.29, 0.717) is 44.3 Å². The lowest BCUT2D eigenvalue weighted by atomic mass is 9.84. The van der Waals surface area contributed by atoms with Crippen molar-refractivity contribution in [1.29, 1.82) is 0 Å². The number of likely N-dealkylation sites (N-methyl/N-ethyl adjacent to an activating group) is 1. The molecule has 4 aliphatic rings. The number of nitrogens with zero attached hydrogens (tertiary/aromatic N) is 5. The minimum Gasteiger partial charge on any atom is -0.508 e. The number of aromatic hydroxyl groups is 1. The highest BCUT2D eigenvalue weighted by molar-refractivity contribution is 5.96. The number of hydrogen-bond acceptors (Lipinski definition) is 9. The van der Waals surface area contributed by atoms with Crippen LogP contribution in [0.15, 0.2) is 73.3 Å². The van der Waals surface area contributed by atoms with E-state index in [2.05, 4.69) is 90.0 Å². The van der Waals surface area contributed by atoms with Crippen molar-refractivity contribution >= 4 is 40.5 Å². The average Bonchev–Trinajstić information content (AvgIpc) is 4.10. The number of ether oxygens (including phenoxy) is 1. The number of amides is 4. The van der Waals surface area contributed by atoms with Crippen LogP contribution < -0.4 is 10.7 Å². The van der Waals surface area contributed by atoms with Gasteiger partial charge in [-0.15, -0.1) is 0 Å². The first kappa shape index (κ1) is 48.5. The third-order valence-corrected chi connectivity index (χ3v) is 14.4. The molecule has 0 spiro atoms. The number of carbonyl (C=O) groups excluding carboxylic acids is 5. The van der Waals surface area contributed by atoms with Crippen LogP contribution in [0, 0.1) is 17.3 Å². The first-order valence-corrected chi connectivity index (χ1v) is 24.6. The zero-order valence-corrected chi connectivity index (χ0v) is 40.7. The molecule has 3 saturated heterocycles. The minimum absolute atomic E-state index is 0.00872. The zero-order chi connectivity index (χ0) is 48.4. The first-order valence-electron chi connectivity index (χ1n) is 24.6. The van der Waals surface area contributed by atoms with Crippen LogP contribution >= 0.6 is 0 Å². The van der Waals surface area contributed by atoms with Gasteiger partial charge in [-0.1, -0.05) is 70.7 Å². The summed E-state index contributed by atoms with van der Waals surface area (Å²) in [4.78, 5) is 75.0. The van der Waals surface area contributed by atoms with E-state index in [0.717, 1.165) is 65.0 Å². The summed E-state index contributed by atoms with van der Waals surface area (Å²) in [6.45, 7) is 18.7. The number of esters is 1. The summed E-state index contributed by atoms with van der Waals surface area (Å²) in [5.41, 5.74) is 10.6.